The minimum absolute atomic E-state index is 0.191. The number of amides is 1. The van der Waals surface area contributed by atoms with Gasteiger partial charge in [-0.1, -0.05) is 6.07 Å². The molecule has 2 aliphatic heterocycles. The molecule has 0 saturated carbocycles. The van der Waals surface area contributed by atoms with Crippen LogP contribution in [-0.4, -0.2) is 80.4 Å². The van der Waals surface area contributed by atoms with Crippen LogP contribution in [0, 0.1) is 5.92 Å². The van der Waals surface area contributed by atoms with Crippen molar-refractivity contribution in [1.29, 1.82) is 0 Å². The molecule has 166 valence electrons. The number of anilines is 1. The van der Waals surface area contributed by atoms with Crippen molar-refractivity contribution in [2.24, 2.45) is 5.92 Å². The average molecular weight is 418 g/mol. The standard InChI is InChI=1S/C23H35N3O4/c1-23(2,3)30-22(28)26-10-8-18(9-11-26)17-24-12-14-25(15-13-24)20-7-5-6-19(16-20)21(27)29-4/h5-7,16,18H,8-15,17H2,1-4H3. The fourth-order valence-corrected chi connectivity index (χ4v) is 4.13. The molecule has 2 aliphatic rings. The molecule has 7 heteroatoms. The Bertz CT molecular complexity index is 730. The summed E-state index contributed by atoms with van der Waals surface area (Å²) in [5.41, 5.74) is 1.22. The SMILES string of the molecule is COC(=O)c1cccc(N2CCN(CC3CCN(C(=O)OC(C)(C)C)CC3)CC2)c1. The van der Waals surface area contributed by atoms with Crippen LogP contribution in [0.2, 0.25) is 0 Å². The lowest BCUT2D eigenvalue weighted by Crippen LogP contribution is -2.49. The molecule has 2 fully saturated rings. The number of carbonyl (C=O) groups excluding carboxylic acids is 2. The van der Waals surface area contributed by atoms with E-state index in [-0.39, 0.29) is 12.1 Å². The first-order valence-corrected chi connectivity index (χ1v) is 10.9. The fraction of sp³-hybridized carbons (Fsp3) is 0.652. The predicted octanol–water partition coefficient (Wildman–Crippen LogP) is 3.24. The minimum Gasteiger partial charge on any atom is -0.465 e. The summed E-state index contributed by atoms with van der Waals surface area (Å²) in [4.78, 5) is 30.7. The Labute approximate surface area is 179 Å². The molecule has 2 saturated heterocycles. The maximum Gasteiger partial charge on any atom is 0.410 e. The number of benzene rings is 1. The molecule has 2 heterocycles. The van der Waals surface area contributed by atoms with Gasteiger partial charge in [0.1, 0.15) is 5.60 Å². The maximum absolute atomic E-state index is 12.2. The summed E-state index contributed by atoms with van der Waals surface area (Å²) >= 11 is 0. The van der Waals surface area contributed by atoms with Crippen molar-refractivity contribution in [2.75, 3.05) is 57.8 Å². The molecule has 0 unspecified atom stereocenters. The molecule has 1 aromatic rings. The number of carbonyl (C=O) groups is 2. The molecule has 0 spiro atoms. The normalized spacial score (nSPS) is 18.9. The van der Waals surface area contributed by atoms with Crippen LogP contribution >= 0.6 is 0 Å². The van der Waals surface area contributed by atoms with E-state index < -0.39 is 5.60 Å². The largest absolute Gasteiger partial charge is 0.465 e. The number of ether oxygens (including phenoxy) is 2. The Morgan fingerprint density at radius 2 is 1.70 bits per heavy atom. The molecule has 0 aromatic heterocycles. The number of likely N-dealkylation sites (tertiary alicyclic amines) is 1. The zero-order valence-electron chi connectivity index (χ0n) is 18.7. The number of methoxy groups -OCH3 is 1. The summed E-state index contributed by atoms with van der Waals surface area (Å²) in [6.45, 7) is 12.3. The van der Waals surface area contributed by atoms with E-state index in [1.165, 1.54) is 7.11 Å². The van der Waals surface area contributed by atoms with Gasteiger partial charge in [-0.05, 0) is 57.7 Å². The van der Waals surface area contributed by atoms with Gasteiger partial charge in [-0.2, -0.15) is 0 Å². The highest BCUT2D eigenvalue weighted by Gasteiger charge is 2.28. The number of hydrogen-bond acceptors (Lipinski definition) is 6. The summed E-state index contributed by atoms with van der Waals surface area (Å²) in [6, 6.07) is 7.66. The molecule has 3 rings (SSSR count). The number of piperidine rings is 1. The molecule has 1 aromatic carbocycles. The van der Waals surface area contributed by atoms with E-state index in [1.54, 1.807) is 6.07 Å². The second kappa shape index (κ2) is 9.69. The van der Waals surface area contributed by atoms with Gasteiger partial charge in [0.05, 0.1) is 12.7 Å². The number of nitrogens with zero attached hydrogens (tertiary/aromatic N) is 3. The molecule has 7 nitrogen and oxygen atoms in total. The fourth-order valence-electron chi connectivity index (χ4n) is 4.13. The Morgan fingerprint density at radius 3 is 2.30 bits per heavy atom. The summed E-state index contributed by atoms with van der Waals surface area (Å²) in [6.07, 6.45) is 1.87. The topological polar surface area (TPSA) is 62.3 Å². The van der Waals surface area contributed by atoms with E-state index in [0.717, 1.165) is 64.3 Å². The van der Waals surface area contributed by atoms with E-state index in [1.807, 2.05) is 37.8 Å². The van der Waals surface area contributed by atoms with Crippen molar-refractivity contribution in [3.8, 4) is 0 Å². The molecule has 0 aliphatic carbocycles. The third-order valence-corrected chi connectivity index (χ3v) is 5.79. The van der Waals surface area contributed by atoms with Gasteiger partial charge in [-0.3, -0.25) is 4.90 Å². The molecule has 30 heavy (non-hydrogen) atoms. The van der Waals surface area contributed by atoms with Crippen LogP contribution in [0.5, 0.6) is 0 Å². The van der Waals surface area contributed by atoms with Crippen LogP contribution in [0.3, 0.4) is 0 Å². The van der Waals surface area contributed by atoms with Crippen molar-refractivity contribution in [2.45, 2.75) is 39.2 Å². The van der Waals surface area contributed by atoms with E-state index in [9.17, 15) is 9.59 Å². The molecule has 0 radical (unpaired) electrons. The van der Waals surface area contributed by atoms with Crippen molar-refractivity contribution in [3.05, 3.63) is 29.8 Å². The van der Waals surface area contributed by atoms with Gasteiger partial charge in [-0.15, -0.1) is 0 Å². The van der Waals surface area contributed by atoms with E-state index in [4.69, 9.17) is 9.47 Å². The molecular formula is C23H35N3O4. The van der Waals surface area contributed by atoms with Crippen LogP contribution in [-0.2, 0) is 9.47 Å². The zero-order valence-corrected chi connectivity index (χ0v) is 18.7. The van der Waals surface area contributed by atoms with Crippen LogP contribution < -0.4 is 4.90 Å². The lowest BCUT2D eigenvalue weighted by atomic mass is 9.96. The number of hydrogen-bond donors (Lipinski definition) is 0. The molecular weight excluding hydrogens is 382 g/mol. The Hall–Kier alpha value is -2.28. The highest BCUT2D eigenvalue weighted by molar-refractivity contribution is 5.90. The lowest BCUT2D eigenvalue weighted by molar-refractivity contribution is 0.0168. The van der Waals surface area contributed by atoms with Gasteiger partial charge in [0, 0.05) is 51.5 Å². The monoisotopic (exact) mass is 417 g/mol. The first kappa shape index (κ1) is 22.4. The van der Waals surface area contributed by atoms with E-state index in [2.05, 4.69) is 15.9 Å². The Kier molecular flexibility index (Phi) is 7.23. The van der Waals surface area contributed by atoms with Crippen molar-refractivity contribution in [3.63, 3.8) is 0 Å². The number of esters is 1. The van der Waals surface area contributed by atoms with Gasteiger partial charge >= 0.3 is 12.1 Å². The summed E-state index contributed by atoms with van der Waals surface area (Å²) in [5.74, 6) is 0.325. The average Bonchev–Trinajstić information content (AvgIpc) is 2.73. The summed E-state index contributed by atoms with van der Waals surface area (Å²) in [5, 5.41) is 0. The molecule has 0 N–H and O–H groups in total. The van der Waals surface area contributed by atoms with E-state index in [0.29, 0.717) is 11.5 Å². The maximum atomic E-state index is 12.2. The van der Waals surface area contributed by atoms with Crippen molar-refractivity contribution < 1.29 is 19.1 Å². The second-order valence-electron chi connectivity index (χ2n) is 9.24. The Morgan fingerprint density at radius 1 is 1.03 bits per heavy atom. The first-order valence-electron chi connectivity index (χ1n) is 10.9. The molecule has 0 atom stereocenters. The Balaban J connectivity index is 1.43. The highest BCUT2D eigenvalue weighted by Crippen LogP contribution is 2.23. The van der Waals surface area contributed by atoms with Gasteiger partial charge < -0.3 is 19.3 Å². The number of piperazine rings is 1. The van der Waals surface area contributed by atoms with Crippen LogP contribution in [0.4, 0.5) is 10.5 Å². The third kappa shape index (κ3) is 6.11. The summed E-state index contributed by atoms with van der Waals surface area (Å²) < 4.78 is 10.3. The first-order chi connectivity index (χ1) is 14.2. The second-order valence-corrected chi connectivity index (χ2v) is 9.24. The van der Waals surface area contributed by atoms with Gasteiger partial charge in [0.15, 0.2) is 0 Å². The predicted molar refractivity (Wildman–Crippen MR) is 117 cm³/mol. The summed E-state index contributed by atoms with van der Waals surface area (Å²) in [7, 11) is 1.41. The molecule has 0 bridgehead atoms. The number of rotatable bonds is 4. The lowest BCUT2D eigenvalue weighted by Gasteiger charge is -2.39. The minimum atomic E-state index is -0.440. The van der Waals surface area contributed by atoms with Crippen molar-refractivity contribution >= 4 is 17.7 Å². The van der Waals surface area contributed by atoms with Crippen LogP contribution in [0.15, 0.2) is 24.3 Å². The quantitative estimate of drug-likeness (QED) is 0.701. The zero-order chi connectivity index (χ0) is 21.7. The van der Waals surface area contributed by atoms with Crippen LogP contribution in [0.25, 0.3) is 0 Å². The smallest absolute Gasteiger partial charge is 0.410 e. The van der Waals surface area contributed by atoms with Gasteiger partial charge in [0.25, 0.3) is 0 Å². The van der Waals surface area contributed by atoms with E-state index >= 15 is 0 Å². The van der Waals surface area contributed by atoms with Crippen molar-refractivity contribution in [1.82, 2.24) is 9.80 Å². The van der Waals surface area contributed by atoms with Gasteiger partial charge in [-0.25, -0.2) is 9.59 Å². The van der Waals surface area contributed by atoms with Gasteiger partial charge in [0.2, 0.25) is 0 Å². The highest BCUT2D eigenvalue weighted by atomic mass is 16.6. The third-order valence-electron chi connectivity index (χ3n) is 5.79. The van der Waals surface area contributed by atoms with Crippen LogP contribution in [0.1, 0.15) is 44.0 Å². The molecule has 1 amide bonds.